The highest BCUT2D eigenvalue weighted by Crippen LogP contribution is 2.41. The Labute approximate surface area is 161 Å². The largest absolute Gasteiger partial charge is 0.354 e. The molecule has 0 atom stereocenters. The van der Waals surface area contributed by atoms with Crippen LogP contribution in [-0.4, -0.2) is 37.2 Å². The zero-order valence-electron chi connectivity index (χ0n) is 15.9. The highest BCUT2D eigenvalue weighted by Gasteiger charge is 2.31. The van der Waals surface area contributed by atoms with Gasteiger partial charge in [0, 0.05) is 38.8 Å². The summed E-state index contributed by atoms with van der Waals surface area (Å²) >= 11 is 0. The Hall–Kier alpha value is -2.77. The second-order valence-electron chi connectivity index (χ2n) is 7.90. The number of hydrogen-bond donors (Lipinski definition) is 0. The molecule has 0 bridgehead atoms. The van der Waals surface area contributed by atoms with Gasteiger partial charge in [0.1, 0.15) is 6.33 Å². The molecule has 4 heterocycles. The average molecular weight is 382 g/mol. The van der Waals surface area contributed by atoms with Crippen molar-refractivity contribution in [2.75, 3.05) is 18.0 Å². The molecule has 0 amide bonds. The number of imidazole rings is 1. The van der Waals surface area contributed by atoms with Crippen LogP contribution in [0.2, 0.25) is 0 Å². The molecule has 3 aromatic rings. The predicted octanol–water partition coefficient (Wildman–Crippen LogP) is 2.46. The van der Waals surface area contributed by atoms with E-state index in [0.717, 1.165) is 49.9 Å². The van der Waals surface area contributed by atoms with Crippen LogP contribution in [0.4, 0.5) is 10.2 Å². The van der Waals surface area contributed by atoms with Gasteiger partial charge in [0.05, 0.1) is 11.2 Å². The topological polar surface area (TPSA) is 68.8 Å². The third-order valence-corrected chi connectivity index (χ3v) is 6.02. The predicted molar refractivity (Wildman–Crippen MR) is 104 cm³/mol. The Morgan fingerprint density at radius 2 is 1.93 bits per heavy atom. The van der Waals surface area contributed by atoms with Gasteiger partial charge in [-0.2, -0.15) is 0 Å². The van der Waals surface area contributed by atoms with Gasteiger partial charge in [0.15, 0.2) is 17.3 Å². The molecule has 1 aliphatic heterocycles. The van der Waals surface area contributed by atoms with E-state index in [0.29, 0.717) is 24.0 Å². The van der Waals surface area contributed by atoms with E-state index in [1.807, 2.05) is 17.0 Å². The fourth-order valence-corrected chi connectivity index (χ4v) is 4.22. The number of anilines is 1. The molecular weight excluding hydrogens is 359 g/mol. The van der Waals surface area contributed by atoms with Crippen LogP contribution < -0.4 is 10.6 Å². The molecule has 1 saturated heterocycles. The summed E-state index contributed by atoms with van der Waals surface area (Å²) in [4.78, 5) is 27.4. The maximum atomic E-state index is 14.8. The van der Waals surface area contributed by atoms with Crippen LogP contribution in [0.25, 0.3) is 11.2 Å². The van der Waals surface area contributed by atoms with E-state index in [1.165, 1.54) is 6.33 Å². The van der Waals surface area contributed by atoms with Gasteiger partial charge in [-0.25, -0.2) is 24.1 Å². The second kappa shape index (κ2) is 6.68. The maximum absolute atomic E-state index is 14.8. The average Bonchev–Trinajstić information content (AvgIpc) is 3.54. The lowest BCUT2D eigenvalue weighted by atomic mass is 9.96. The van der Waals surface area contributed by atoms with E-state index in [9.17, 15) is 9.18 Å². The summed E-state index contributed by atoms with van der Waals surface area (Å²) in [7, 11) is 1.78. The minimum atomic E-state index is -0.252. The minimum Gasteiger partial charge on any atom is -0.354 e. The van der Waals surface area contributed by atoms with Crippen LogP contribution >= 0.6 is 0 Å². The van der Waals surface area contributed by atoms with Crippen LogP contribution in [-0.2, 0) is 13.6 Å². The molecule has 8 heteroatoms. The van der Waals surface area contributed by atoms with E-state index < -0.39 is 0 Å². The molecule has 2 fully saturated rings. The smallest absolute Gasteiger partial charge is 0.330 e. The summed E-state index contributed by atoms with van der Waals surface area (Å²) < 4.78 is 18.2. The Balaban J connectivity index is 1.32. The fourth-order valence-electron chi connectivity index (χ4n) is 4.22. The highest BCUT2D eigenvalue weighted by atomic mass is 19.1. The van der Waals surface area contributed by atoms with Crippen molar-refractivity contribution in [1.29, 1.82) is 0 Å². The lowest BCUT2D eigenvalue weighted by Gasteiger charge is -2.33. The molecule has 0 unspecified atom stereocenters. The summed E-state index contributed by atoms with van der Waals surface area (Å²) in [5, 5.41) is 0. The molecular formula is C20H23FN6O. The highest BCUT2D eigenvalue weighted by molar-refractivity contribution is 5.71. The van der Waals surface area contributed by atoms with E-state index in [4.69, 9.17) is 0 Å². The summed E-state index contributed by atoms with van der Waals surface area (Å²) in [6.45, 7) is 2.10. The quantitative estimate of drug-likeness (QED) is 0.693. The van der Waals surface area contributed by atoms with E-state index in [-0.39, 0.29) is 17.4 Å². The molecule has 7 nitrogen and oxygen atoms in total. The summed E-state index contributed by atoms with van der Waals surface area (Å²) in [6.07, 6.45) is 7.01. The van der Waals surface area contributed by atoms with Gasteiger partial charge in [-0.1, -0.05) is 0 Å². The number of aryl methyl sites for hydroxylation is 1. The SMILES string of the molecule is Cn1c(=O)n(CC2CCN(c3ncnc(C4CC4)c3F)CC2)c2ncccc21. The number of halogens is 1. The molecule has 146 valence electrons. The first kappa shape index (κ1) is 17.3. The van der Waals surface area contributed by atoms with E-state index >= 15 is 0 Å². The normalized spacial score (nSPS) is 18.1. The van der Waals surface area contributed by atoms with Gasteiger partial charge in [0.25, 0.3) is 0 Å². The van der Waals surface area contributed by atoms with Gasteiger partial charge in [0.2, 0.25) is 0 Å². The van der Waals surface area contributed by atoms with Crippen molar-refractivity contribution in [2.24, 2.45) is 13.0 Å². The zero-order chi connectivity index (χ0) is 19.3. The molecule has 0 radical (unpaired) electrons. The Bertz CT molecular complexity index is 1080. The Morgan fingerprint density at radius 1 is 1.14 bits per heavy atom. The van der Waals surface area contributed by atoms with Crippen molar-refractivity contribution < 1.29 is 4.39 Å². The van der Waals surface area contributed by atoms with E-state index in [2.05, 4.69) is 15.0 Å². The third kappa shape index (κ3) is 2.87. The molecule has 0 N–H and O–H groups in total. The number of pyridine rings is 1. The van der Waals surface area contributed by atoms with Gasteiger partial charge < -0.3 is 4.90 Å². The molecule has 1 saturated carbocycles. The molecule has 28 heavy (non-hydrogen) atoms. The molecule has 1 aliphatic carbocycles. The van der Waals surface area contributed by atoms with Crippen molar-refractivity contribution in [3.8, 4) is 0 Å². The number of aromatic nitrogens is 5. The molecule has 2 aliphatic rings. The molecule has 5 rings (SSSR count). The monoisotopic (exact) mass is 382 g/mol. The minimum absolute atomic E-state index is 0.0351. The van der Waals surface area contributed by atoms with Gasteiger partial charge in [-0.05, 0) is 43.7 Å². The number of piperidine rings is 1. The van der Waals surface area contributed by atoms with Gasteiger partial charge in [-0.3, -0.25) is 9.13 Å². The zero-order valence-corrected chi connectivity index (χ0v) is 15.9. The number of fused-ring (bicyclic) bond motifs is 1. The third-order valence-electron chi connectivity index (χ3n) is 6.02. The number of rotatable bonds is 4. The molecule has 3 aromatic heterocycles. The van der Waals surface area contributed by atoms with Crippen molar-refractivity contribution in [3.05, 3.63) is 46.7 Å². The number of nitrogens with zero attached hydrogens (tertiary/aromatic N) is 6. The first-order valence-corrected chi connectivity index (χ1v) is 9.89. The first-order chi connectivity index (χ1) is 13.6. The standard InChI is InChI=1S/C20H23FN6O/c1-25-15-3-2-8-22-18(15)27(20(25)28)11-13-6-9-26(10-7-13)19-16(21)17(14-4-5-14)23-12-24-19/h2-3,8,12-14H,4-7,9-11H2,1H3. The summed E-state index contributed by atoms with van der Waals surface area (Å²) in [6, 6.07) is 3.76. The van der Waals surface area contributed by atoms with Gasteiger partial charge >= 0.3 is 5.69 Å². The van der Waals surface area contributed by atoms with Crippen LogP contribution in [0.3, 0.4) is 0 Å². The van der Waals surface area contributed by atoms with Crippen LogP contribution in [0.5, 0.6) is 0 Å². The first-order valence-electron chi connectivity index (χ1n) is 9.89. The van der Waals surface area contributed by atoms with Crippen LogP contribution in [0, 0.1) is 11.7 Å². The maximum Gasteiger partial charge on any atom is 0.330 e. The Kier molecular flexibility index (Phi) is 4.14. The van der Waals surface area contributed by atoms with Crippen LogP contribution in [0.15, 0.2) is 29.5 Å². The Morgan fingerprint density at radius 3 is 2.68 bits per heavy atom. The summed E-state index contributed by atoms with van der Waals surface area (Å²) in [5.41, 5.74) is 2.11. The van der Waals surface area contributed by atoms with Crippen molar-refractivity contribution in [1.82, 2.24) is 24.1 Å². The van der Waals surface area contributed by atoms with Crippen LogP contribution in [0.1, 0.15) is 37.3 Å². The van der Waals surface area contributed by atoms with Gasteiger partial charge in [-0.15, -0.1) is 0 Å². The van der Waals surface area contributed by atoms with Crippen molar-refractivity contribution in [3.63, 3.8) is 0 Å². The summed E-state index contributed by atoms with van der Waals surface area (Å²) in [5.74, 6) is 0.802. The molecule has 0 spiro atoms. The fraction of sp³-hybridized carbons (Fsp3) is 0.500. The lowest BCUT2D eigenvalue weighted by Crippen LogP contribution is -2.37. The lowest BCUT2D eigenvalue weighted by molar-refractivity contribution is 0.352. The van der Waals surface area contributed by atoms with Crippen molar-refractivity contribution >= 4 is 17.0 Å². The second-order valence-corrected chi connectivity index (χ2v) is 7.90. The molecule has 0 aromatic carbocycles. The van der Waals surface area contributed by atoms with E-state index in [1.54, 1.807) is 22.4 Å². The number of hydrogen-bond acceptors (Lipinski definition) is 5. The van der Waals surface area contributed by atoms with Crippen molar-refractivity contribution in [2.45, 2.75) is 38.1 Å².